The molecule has 4 nitrogen and oxygen atoms in total. The van der Waals surface area contributed by atoms with Gasteiger partial charge in [0.25, 0.3) is 0 Å². The summed E-state index contributed by atoms with van der Waals surface area (Å²) in [6.45, 7) is 4.44. The van der Waals surface area contributed by atoms with Crippen molar-refractivity contribution in [1.82, 2.24) is 10.2 Å². The highest BCUT2D eigenvalue weighted by molar-refractivity contribution is 5.87. The minimum absolute atomic E-state index is 0.0595. The van der Waals surface area contributed by atoms with Gasteiger partial charge in [0.15, 0.2) is 0 Å². The zero-order valence-electron chi connectivity index (χ0n) is 12.0. The second-order valence-electron chi connectivity index (χ2n) is 5.78. The minimum Gasteiger partial charge on any atom is -0.352 e. The molecule has 1 aliphatic rings. The molecular formula is C14H26N2O2. The van der Waals surface area contributed by atoms with Gasteiger partial charge in [-0.15, -0.1) is 0 Å². The Morgan fingerprint density at radius 1 is 1.22 bits per heavy atom. The zero-order chi connectivity index (χ0) is 13.7. The van der Waals surface area contributed by atoms with Crippen molar-refractivity contribution in [3.05, 3.63) is 0 Å². The molecule has 1 amide bonds. The normalized spacial score (nSPS) is 25.8. The summed E-state index contributed by atoms with van der Waals surface area (Å²) >= 11 is 0. The molecule has 0 aromatic heterocycles. The molecule has 3 atom stereocenters. The van der Waals surface area contributed by atoms with Gasteiger partial charge < -0.3 is 10.2 Å². The Hall–Kier alpha value is -0.900. The lowest BCUT2D eigenvalue weighted by atomic mass is 9.76. The Morgan fingerprint density at radius 2 is 1.78 bits per heavy atom. The largest absolute Gasteiger partial charge is 0.352 e. The van der Waals surface area contributed by atoms with Crippen LogP contribution in [-0.2, 0) is 9.59 Å². The quantitative estimate of drug-likeness (QED) is 0.808. The van der Waals surface area contributed by atoms with Gasteiger partial charge in [-0.3, -0.25) is 9.59 Å². The number of nitrogens with one attached hydrogen (secondary N) is 1. The van der Waals surface area contributed by atoms with E-state index in [1.165, 1.54) is 0 Å². The molecule has 1 saturated carbocycles. The number of nitrogens with zero attached hydrogens (tertiary/aromatic N) is 1. The first kappa shape index (κ1) is 15.2. The molecule has 0 saturated heterocycles. The lowest BCUT2D eigenvalue weighted by Crippen LogP contribution is -2.45. The van der Waals surface area contributed by atoms with Gasteiger partial charge in [0.2, 0.25) is 5.91 Å². The molecule has 0 spiro atoms. The van der Waals surface area contributed by atoms with Crippen LogP contribution in [0.3, 0.4) is 0 Å². The van der Waals surface area contributed by atoms with Gasteiger partial charge in [-0.25, -0.2) is 0 Å². The van der Waals surface area contributed by atoms with Crippen molar-refractivity contribution in [2.75, 3.05) is 20.6 Å². The van der Waals surface area contributed by atoms with E-state index in [1.807, 2.05) is 25.9 Å². The number of amides is 1. The van der Waals surface area contributed by atoms with Crippen LogP contribution in [0.15, 0.2) is 0 Å². The van der Waals surface area contributed by atoms with Crippen molar-refractivity contribution >= 4 is 11.7 Å². The van der Waals surface area contributed by atoms with Crippen molar-refractivity contribution in [2.45, 2.75) is 45.6 Å². The highest BCUT2D eigenvalue weighted by atomic mass is 16.2. The van der Waals surface area contributed by atoms with E-state index in [1.54, 1.807) is 6.92 Å². The summed E-state index contributed by atoms with van der Waals surface area (Å²) < 4.78 is 0. The summed E-state index contributed by atoms with van der Waals surface area (Å²) in [4.78, 5) is 25.9. The lowest BCUT2D eigenvalue weighted by molar-refractivity contribution is -0.134. The highest BCUT2D eigenvalue weighted by Gasteiger charge is 2.34. The van der Waals surface area contributed by atoms with Gasteiger partial charge in [0, 0.05) is 24.4 Å². The number of carbonyl (C=O) groups is 2. The predicted octanol–water partition coefficient (Wildman–Crippen LogP) is 1.45. The van der Waals surface area contributed by atoms with Crippen molar-refractivity contribution in [3.8, 4) is 0 Å². The summed E-state index contributed by atoms with van der Waals surface area (Å²) in [5.74, 6) is 0.0468. The second kappa shape index (κ2) is 6.88. The molecule has 0 aromatic carbocycles. The molecule has 0 aromatic rings. The number of carbonyl (C=O) groups excluding carboxylic acids is 2. The van der Waals surface area contributed by atoms with Gasteiger partial charge in [0.05, 0.1) is 0 Å². The van der Waals surface area contributed by atoms with Crippen molar-refractivity contribution in [1.29, 1.82) is 0 Å². The maximum atomic E-state index is 12.2. The highest BCUT2D eigenvalue weighted by Crippen LogP contribution is 2.30. The molecule has 1 fully saturated rings. The number of Topliss-reactive ketones (excluding diaryl/α,β-unsaturated/α-hetero) is 1. The van der Waals surface area contributed by atoms with E-state index >= 15 is 0 Å². The van der Waals surface area contributed by atoms with E-state index in [4.69, 9.17) is 0 Å². The summed E-state index contributed by atoms with van der Waals surface area (Å²) in [5, 5.41) is 3.03. The summed E-state index contributed by atoms with van der Waals surface area (Å²) in [5.41, 5.74) is 0. The van der Waals surface area contributed by atoms with Gasteiger partial charge in [-0.1, -0.05) is 12.8 Å². The Balaban J connectivity index is 2.55. The van der Waals surface area contributed by atoms with Crippen molar-refractivity contribution < 1.29 is 9.59 Å². The van der Waals surface area contributed by atoms with Gasteiger partial charge in [-0.2, -0.15) is 0 Å². The Bertz CT molecular complexity index is 302. The van der Waals surface area contributed by atoms with Gasteiger partial charge >= 0.3 is 0 Å². The number of likely N-dealkylation sites (N-methyl/N-ethyl adjacent to an activating group) is 1. The standard InChI is InChI=1S/C14H26N2O2/c1-10(9-16(3)4)15-14(18)13-8-6-5-7-12(13)11(2)17/h10,12-13H,5-9H2,1-4H3,(H,15,18)/t10?,12-,13-/m0/s1. The molecule has 1 unspecified atom stereocenters. The van der Waals surface area contributed by atoms with Crippen LogP contribution in [0.4, 0.5) is 0 Å². The number of hydrogen-bond donors (Lipinski definition) is 1. The Kier molecular flexibility index (Phi) is 5.79. The number of ketones is 1. The van der Waals surface area contributed by atoms with Crippen LogP contribution in [0.2, 0.25) is 0 Å². The van der Waals surface area contributed by atoms with Crippen LogP contribution < -0.4 is 5.32 Å². The minimum atomic E-state index is -0.110. The maximum Gasteiger partial charge on any atom is 0.224 e. The van der Waals surface area contributed by atoms with Crippen LogP contribution in [0.25, 0.3) is 0 Å². The fraction of sp³-hybridized carbons (Fsp3) is 0.857. The predicted molar refractivity (Wildman–Crippen MR) is 72.3 cm³/mol. The molecule has 1 rings (SSSR count). The third kappa shape index (κ3) is 4.41. The van der Waals surface area contributed by atoms with Crippen molar-refractivity contribution in [2.24, 2.45) is 11.8 Å². The molecule has 4 heteroatoms. The number of hydrogen-bond acceptors (Lipinski definition) is 3. The third-order valence-corrected chi connectivity index (χ3v) is 3.65. The Morgan fingerprint density at radius 3 is 2.28 bits per heavy atom. The zero-order valence-corrected chi connectivity index (χ0v) is 12.0. The fourth-order valence-electron chi connectivity index (χ4n) is 2.87. The second-order valence-corrected chi connectivity index (χ2v) is 5.78. The molecule has 1 aliphatic carbocycles. The van der Waals surface area contributed by atoms with Gasteiger partial charge in [0.1, 0.15) is 5.78 Å². The molecule has 0 aliphatic heterocycles. The maximum absolute atomic E-state index is 12.2. The van der Waals surface area contributed by atoms with Crippen LogP contribution in [-0.4, -0.2) is 43.3 Å². The average molecular weight is 254 g/mol. The summed E-state index contributed by atoms with van der Waals surface area (Å²) in [7, 11) is 3.98. The molecule has 18 heavy (non-hydrogen) atoms. The fourth-order valence-corrected chi connectivity index (χ4v) is 2.87. The van der Waals surface area contributed by atoms with Crippen molar-refractivity contribution in [3.63, 3.8) is 0 Å². The van der Waals surface area contributed by atoms with E-state index in [2.05, 4.69) is 5.32 Å². The van der Waals surface area contributed by atoms with E-state index < -0.39 is 0 Å². The summed E-state index contributed by atoms with van der Waals surface area (Å²) in [6, 6.07) is 0.127. The molecular weight excluding hydrogens is 228 g/mol. The molecule has 0 radical (unpaired) electrons. The van der Waals surface area contributed by atoms with E-state index in [0.717, 1.165) is 32.2 Å². The Labute approximate surface area is 110 Å². The first-order chi connectivity index (χ1) is 8.41. The van der Waals surface area contributed by atoms with Crippen LogP contribution in [0.1, 0.15) is 39.5 Å². The monoisotopic (exact) mass is 254 g/mol. The van der Waals surface area contributed by atoms with E-state index in [0.29, 0.717) is 0 Å². The SMILES string of the molecule is CC(=O)[C@@H]1CCCC[C@@H]1C(=O)NC(C)CN(C)C. The van der Waals surface area contributed by atoms with Crippen LogP contribution >= 0.6 is 0 Å². The van der Waals surface area contributed by atoms with E-state index in [-0.39, 0.29) is 29.6 Å². The molecule has 104 valence electrons. The average Bonchev–Trinajstić information content (AvgIpc) is 2.27. The van der Waals surface area contributed by atoms with Gasteiger partial charge in [-0.05, 0) is 40.8 Å². The third-order valence-electron chi connectivity index (χ3n) is 3.65. The molecule has 0 heterocycles. The van der Waals surface area contributed by atoms with Crippen LogP contribution in [0.5, 0.6) is 0 Å². The smallest absolute Gasteiger partial charge is 0.224 e. The van der Waals surface area contributed by atoms with E-state index in [9.17, 15) is 9.59 Å². The first-order valence-electron chi connectivity index (χ1n) is 6.87. The lowest BCUT2D eigenvalue weighted by Gasteiger charge is -2.30. The first-order valence-corrected chi connectivity index (χ1v) is 6.87. The topological polar surface area (TPSA) is 49.4 Å². The molecule has 1 N–H and O–H groups in total. The van der Waals surface area contributed by atoms with Crippen LogP contribution in [0, 0.1) is 11.8 Å². The molecule has 0 bridgehead atoms. The summed E-state index contributed by atoms with van der Waals surface area (Å²) in [6.07, 6.45) is 3.85. The number of rotatable bonds is 5.